The average Bonchev–Trinajstić information content (AvgIpc) is 2.63. The second-order valence-corrected chi connectivity index (χ2v) is 6.07. The van der Waals surface area contributed by atoms with Gasteiger partial charge in [-0.25, -0.2) is 0 Å². The van der Waals surface area contributed by atoms with Crippen molar-refractivity contribution >= 4 is 27.5 Å². The van der Waals surface area contributed by atoms with Crippen molar-refractivity contribution in [1.82, 2.24) is 0 Å². The summed E-state index contributed by atoms with van der Waals surface area (Å²) in [5.41, 5.74) is 3.32. The number of para-hydroxylation sites is 1. The molecule has 0 aliphatic rings. The number of benzene rings is 3. The summed E-state index contributed by atoms with van der Waals surface area (Å²) in [7, 11) is 1.58. The van der Waals surface area contributed by atoms with Crippen LogP contribution in [0.15, 0.2) is 77.3 Å². The molecule has 0 fully saturated rings. The Balaban J connectivity index is 1.94. The lowest BCUT2D eigenvalue weighted by molar-refractivity contribution is 0.102. The molecule has 0 saturated carbocycles. The van der Waals surface area contributed by atoms with E-state index in [9.17, 15) is 4.79 Å². The van der Waals surface area contributed by atoms with Crippen molar-refractivity contribution in [2.75, 3.05) is 12.4 Å². The molecule has 3 rings (SSSR count). The predicted octanol–water partition coefficient (Wildman–Crippen LogP) is 5.38. The van der Waals surface area contributed by atoms with Crippen LogP contribution in [-0.2, 0) is 0 Å². The summed E-state index contributed by atoms with van der Waals surface area (Å²) in [5, 5.41) is 2.99. The number of methoxy groups -OCH3 is 1. The highest BCUT2D eigenvalue weighted by atomic mass is 79.9. The molecular formula is C20H16BrNO2. The quantitative estimate of drug-likeness (QED) is 0.658. The first-order chi connectivity index (χ1) is 11.7. The van der Waals surface area contributed by atoms with Gasteiger partial charge in [-0.15, -0.1) is 0 Å². The third-order valence-corrected chi connectivity index (χ3v) is 4.37. The molecule has 0 unspecified atom stereocenters. The molecule has 3 aromatic rings. The number of halogens is 1. The van der Waals surface area contributed by atoms with Crippen molar-refractivity contribution in [2.24, 2.45) is 0 Å². The number of carbonyl (C=O) groups excluding carboxylic acids is 1. The Kier molecular flexibility index (Phi) is 4.96. The largest absolute Gasteiger partial charge is 0.497 e. The number of rotatable bonds is 4. The Bertz CT molecular complexity index is 863. The van der Waals surface area contributed by atoms with Crippen molar-refractivity contribution in [1.29, 1.82) is 0 Å². The van der Waals surface area contributed by atoms with E-state index in [4.69, 9.17) is 4.74 Å². The van der Waals surface area contributed by atoms with Gasteiger partial charge in [0, 0.05) is 15.7 Å². The molecule has 0 bridgehead atoms. The molecule has 0 saturated heterocycles. The molecule has 0 radical (unpaired) electrons. The first-order valence-corrected chi connectivity index (χ1v) is 8.27. The minimum Gasteiger partial charge on any atom is -0.497 e. The molecule has 120 valence electrons. The van der Waals surface area contributed by atoms with E-state index in [2.05, 4.69) is 21.2 Å². The van der Waals surface area contributed by atoms with Gasteiger partial charge in [-0.3, -0.25) is 4.79 Å². The fraction of sp³-hybridized carbons (Fsp3) is 0.0500. The maximum absolute atomic E-state index is 12.7. The molecule has 0 spiro atoms. The Morgan fingerprint density at radius 1 is 0.958 bits per heavy atom. The van der Waals surface area contributed by atoms with E-state index in [1.54, 1.807) is 25.3 Å². The van der Waals surface area contributed by atoms with Gasteiger partial charge in [0.1, 0.15) is 5.75 Å². The van der Waals surface area contributed by atoms with Crippen LogP contribution in [0.5, 0.6) is 5.75 Å². The molecule has 0 atom stereocenters. The zero-order valence-electron chi connectivity index (χ0n) is 13.1. The summed E-state index contributed by atoms with van der Waals surface area (Å²) in [4.78, 5) is 12.7. The zero-order chi connectivity index (χ0) is 16.9. The van der Waals surface area contributed by atoms with Crippen LogP contribution in [0.2, 0.25) is 0 Å². The smallest absolute Gasteiger partial charge is 0.256 e. The monoisotopic (exact) mass is 381 g/mol. The van der Waals surface area contributed by atoms with Gasteiger partial charge in [-0.2, -0.15) is 0 Å². The third-order valence-electron chi connectivity index (χ3n) is 3.68. The molecule has 3 nitrogen and oxygen atoms in total. The van der Waals surface area contributed by atoms with E-state index in [1.807, 2.05) is 54.6 Å². The van der Waals surface area contributed by atoms with Gasteiger partial charge in [-0.1, -0.05) is 48.5 Å². The summed E-state index contributed by atoms with van der Waals surface area (Å²) in [6.07, 6.45) is 0. The minimum absolute atomic E-state index is 0.191. The first-order valence-electron chi connectivity index (χ1n) is 7.48. The number of hydrogen-bond donors (Lipinski definition) is 1. The summed E-state index contributed by atoms with van der Waals surface area (Å²) in [6, 6.07) is 23.0. The minimum atomic E-state index is -0.191. The van der Waals surface area contributed by atoms with E-state index in [0.29, 0.717) is 11.3 Å². The number of amides is 1. The van der Waals surface area contributed by atoms with Crippen LogP contribution in [0.25, 0.3) is 11.1 Å². The normalized spacial score (nSPS) is 10.2. The standard InChI is InChI=1S/C20H16BrNO2/c1-24-15-11-12-18(21)17(13-15)20(23)22-19-10-6-5-9-16(19)14-7-3-2-4-8-14/h2-13H,1H3,(H,22,23). The van der Waals surface area contributed by atoms with Crippen LogP contribution >= 0.6 is 15.9 Å². The van der Waals surface area contributed by atoms with E-state index in [-0.39, 0.29) is 5.91 Å². The molecule has 1 N–H and O–H groups in total. The van der Waals surface area contributed by atoms with E-state index >= 15 is 0 Å². The van der Waals surface area contributed by atoms with Crippen LogP contribution in [-0.4, -0.2) is 13.0 Å². The highest BCUT2D eigenvalue weighted by Gasteiger charge is 2.14. The van der Waals surface area contributed by atoms with Gasteiger partial charge in [-0.05, 0) is 45.8 Å². The Hall–Kier alpha value is -2.59. The molecule has 0 heterocycles. The van der Waals surface area contributed by atoms with Crippen molar-refractivity contribution in [2.45, 2.75) is 0 Å². The van der Waals surface area contributed by atoms with Crippen molar-refractivity contribution in [3.8, 4) is 16.9 Å². The Labute approximate surface area is 149 Å². The topological polar surface area (TPSA) is 38.3 Å². The van der Waals surface area contributed by atoms with E-state index in [1.165, 1.54) is 0 Å². The number of nitrogens with one attached hydrogen (secondary N) is 1. The second-order valence-electron chi connectivity index (χ2n) is 5.21. The summed E-state index contributed by atoms with van der Waals surface area (Å²) >= 11 is 3.42. The molecule has 0 aliphatic heterocycles. The first kappa shape index (κ1) is 16.3. The SMILES string of the molecule is COc1ccc(Br)c(C(=O)Nc2ccccc2-c2ccccc2)c1. The molecule has 0 aliphatic carbocycles. The maximum Gasteiger partial charge on any atom is 0.256 e. The highest BCUT2D eigenvalue weighted by Crippen LogP contribution is 2.29. The molecular weight excluding hydrogens is 366 g/mol. The van der Waals surface area contributed by atoms with Gasteiger partial charge in [0.2, 0.25) is 0 Å². The van der Waals surface area contributed by atoms with Crippen LogP contribution < -0.4 is 10.1 Å². The zero-order valence-corrected chi connectivity index (χ0v) is 14.7. The Morgan fingerprint density at radius 3 is 2.42 bits per heavy atom. The van der Waals surface area contributed by atoms with Gasteiger partial charge >= 0.3 is 0 Å². The van der Waals surface area contributed by atoms with Crippen molar-refractivity contribution in [3.05, 3.63) is 82.8 Å². The van der Waals surface area contributed by atoms with E-state index in [0.717, 1.165) is 21.3 Å². The van der Waals surface area contributed by atoms with Crippen molar-refractivity contribution < 1.29 is 9.53 Å². The molecule has 4 heteroatoms. The van der Waals surface area contributed by atoms with Crippen LogP contribution in [0.4, 0.5) is 5.69 Å². The lowest BCUT2D eigenvalue weighted by Crippen LogP contribution is -2.13. The third kappa shape index (κ3) is 3.49. The summed E-state index contributed by atoms with van der Waals surface area (Å²) in [6.45, 7) is 0. The Morgan fingerprint density at radius 2 is 1.67 bits per heavy atom. The number of carbonyl (C=O) groups is 1. The molecule has 0 aromatic heterocycles. The fourth-order valence-electron chi connectivity index (χ4n) is 2.46. The predicted molar refractivity (Wildman–Crippen MR) is 101 cm³/mol. The average molecular weight is 382 g/mol. The van der Waals surface area contributed by atoms with Gasteiger partial charge in [0.15, 0.2) is 0 Å². The van der Waals surface area contributed by atoms with Crippen LogP contribution in [0.1, 0.15) is 10.4 Å². The van der Waals surface area contributed by atoms with Crippen LogP contribution in [0, 0.1) is 0 Å². The van der Waals surface area contributed by atoms with Crippen molar-refractivity contribution in [3.63, 3.8) is 0 Å². The highest BCUT2D eigenvalue weighted by molar-refractivity contribution is 9.10. The van der Waals surface area contributed by atoms with Crippen LogP contribution in [0.3, 0.4) is 0 Å². The molecule has 3 aromatic carbocycles. The number of ether oxygens (including phenoxy) is 1. The van der Waals surface area contributed by atoms with Gasteiger partial charge in [0.05, 0.1) is 12.7 Å². The molecule has 1 amide bonds. The van der Waals surface area contributed by atoms with Gasteiger partial charge in [0.25, 0.3) is 5.91 Å². The van der Waals surface area contributed by atoms with E-state index < -0.39 is 0 Å². The lowest BCUT2D eigenvalue weighted by atomic mass is 10.0. The molecule has 24 heavy (non-hydrogen) atoms. The number of hydrogen-bond acceptors (Lipinski definition) is 2. The number of anilines is 1. The second kappa shape index (κ2) is 7.32. The lowest BCUT2D eigenvalue weighted by Gasteiger charge is -2.12. The maximum atomic E-state index is 12.7. The summed E-state index contributed by atoms with van der Waals surface area (Å²) < 4.78 is 5.92. The van der Waals surface area contributed by atoms with Gasteiger partial charge < -0.3 is 10.1 Å². The summed E-state index contributed by atoms with van der Waals surface area (Å²) in [5.74, 6) is 0.448. The fourth-order valence-corrected chi connectivity index (χ4v) is 2.88.